The van der Waals surface area contributed by atoms with Crippen LogP contribution in [-0.2, 0) is 9.53 Å². The van der Waals surface area contributed by atoms with E-state index in [0.29, 0.717) is 10.6 Å². The summed E-state index contributed by atoms with van der Waals surface area (Å²) in [6.45, 7) is 0. The van der Waals surface area contributed by atoms with Crippen molar-refractivity contribution in [3.63, 3.8) is 0 Å². The maximum absolute atomic E-state index is 13.5. The number of methoxy groups -OCH3 is 1. The van der Waals surface area contributed by atoms with Crippen LogP contribution in [0.4, 0.5) is 4.39 Å². The molecule has 0 atom stereocenters. The summed E-state index contributed by atoms with van der Waals surface area (Å²) >= 11 is 7.01. The van der Waals surface area contributed by atoms with E-state index in [1.165, 1.54) is 24.9 Å². The van der Waals surface area contributed by atoms with Crippen LogP contribution >= 0.6 is 23.4 Å². The van der Waals surface area contributed by atoms with Gasteiger partial charge in [-0.1, -0.05) is 11.6 Å². The lowest BCUT2D eigenvalue weighted by Gasteiger charge is -2.05. The molecule has 0 radical (unpaired) electrons. The summed E-state index contributed by atoms with van der Waals surface area (Å²) in [6, 6.07) is 4.63. The third kappa shape index (κ3) is 3.62. The van der Waals surface area contributed by atoms with Crippen LogP contribution in [-0.4, -0.2) is 18.8 Å². The van der Waals surface area contributed by atoms with Gasteiger partial charge in [0.05, 0.1) is 24.1 Å². The number of rotatable bonds is 4. The zero-order valence-electron chi connectivity index (χ0n) is 9.00. The van der Waals surface area contributed by atoms with E-state index in [1.54, 1.807) is 12.1 Å². The third-order valence-corrected chi connectivity index (χ3v) is 3.50. The number of halogens is 2. The van der Waals surface area contributed by atoms with E-state index in [9.17, 15) is 9.18 Å². The monoisotopic (exact) mass is 273 g/mol. The zero-order valence-corrected chi connectivity index (χ0v) is 10.6. The molecule has 0 aliphatic carbocycles. The first-order chi connectivity index (χ1) is 8.10. The molecule has 3 nitrogen and oxygen atoms in total. The van der Waals surface area contributed by atoms with Gasteiger partial charge in [-0.25, -0.2) is 4.39 Å². The maximum atomic E-state index is 13.5. The lowest BCUT2D eigenvalue weighted by Crippen LogP contribution is -2.01. The van der Waals surface area contributed by atoms with Crippen molar-refractivity contribution in [3.8, 4) is 6.07 Å². The van der Waals surface area contributed by atoms with Crippen molar-refractivity contribution in [2.75, 3.05) is 12.9 Å². The van der Waals surface area contributed by atoms with Gasteiger partial charge in [0.15, 0.2) is 5.82 Å². The summed E-state index contributed by atoms with van der Waals surface area (Å²) in [5.74, 6) is -0.613. The van der Waals surface area contributed by atoms with Crippen LogP contribution in [0.25, 0.3) is 0 Å². The molecule has 0 bridgehead atoms. The van der Waals surface area contributed by atoms with Crippen LogP contribution in [0, 0.1) is 17.1 Å². The normalized spacial score (nSPS) is 9.76. The molecule has 0 saturated heterocycles. The molecule has 1 rings (SSSR count). The highest BCUT2D eigenvalue weighted by atomic mass is 35.5. The highest BCUT2D eigenvalue weighted by Gasteiger charge is 2.12. The largest absolute Gasteiger partial charge is 0.469 e. The fraction of sp³-hybridized carbons (Fsp3) is 0.273. The number of carbonyl (C=O) groups is 1. The molecule has 6 heteroatoms. The number of hydrogen-bond acceptors (Lipinski definition) is 4. The maximum Gasteiger partial charge on any atom is 0.306 e. The van der Waals surface area contributed by atoms with E-state index in [4.69, 9.17) is 16.9 Å². The van der Waals surface area contributed by atoms with Gasteiger partial charge in [-0.2, -0.15) is 5.26 Å². The van der Waals surface area contributed by atoms with Gasteiger partial charge in [0.25, 0.3) is 0 Å². The summed E-state index contributed by atoms with van der Waals surface area (Å²) in [5, 5.41) is 8.51. The number of ether oxygens (including phenoxy) is 1. The molecule has 0 aromatic heterocycles. The minimum Gasteiger partial charge on any atom is -0.469 e. The second-order valence-corrected chi connectivity index (χ2v) is 4.54. The van der Waals surface area contributed by atoms with Gasteiger partial charge >= 0.3 is 5.97 Å². The zero-order chi connectivity index (χ0) is 12.8. The van der Waals surface area contributed by atoms with Crippen molar-refractivity contribution >= 4 is 29.3 Å². The molecule has 0 aliphatic heterocycles. The van der Waals surface area contributed by atoms with Gasteiger partial charge in [-0.3, -0.25) is 4.79 Å². The highest BCUT2D eigenvalue weighted by Crippen LogP contribution is 2.31. The van der Waals surface area contributed by atoms with Gasteiger partial charge < -0.3 is 4.74 Å². The quantitative estimate of drug-likeness (QED) is 0.625. The number of benzene rings is 1. The Bertz CT molecular complexity index is 473. The standard InChI is InChI=1S/C11H9ClFNO2S/c1-16-9(15)4-5-17-8-3-2-7(6-14)11(13)10(8)12/h2-3H,4-5H2,1H3. The van der Waals surface area contributed by atoms with Crippen molar-refractivity contribution in [3.05, 3.63) is 28.5 Å². The molecular formula is C11H9ClFNO2S. The summed E-state index contributed by atoms with van der Waals surface area (Å²) in [4.78, 5) is 11.4. The number of nitrogens with zero attached hydrogens (tertiary/aromatic N) is 1. The molecular weight excluding hydrogens is 265 g/mol. The summed E-state index contributed by atoms with van der Waals surface area (Å²) in [6.07, 6.45) is 0.221. The lowest BCUT2D eigenvalue weighted by molar-refractivity contribution is -0.140. The Balaban J connectivity index is 2.71. The molecule has 0 aliphatic rings. The molecule has 1 aromatic rings. The van der Waals surface area contributed by atoms with Gasteiger partial charge in [0.2, 0.25) is 0 Å². The van der Waals surface area contributed by atoms with Crippen molar-refractivity contribution in [2.45, 2.75) is 11.3 Å². The Labute approximate surface area is 108 Å². The molecule has 0 heterocycles. The average Bonchev–Trinajstić information content (AvgIpc) is 2.34. The van der Waals surface area contributed by atoms with Gasteiger partial charge in [0.1, 0.15) is 6.07 Å². The third-order valence-electron chi connectivity index (χ3n) is 1.96. The molecule has 0 N–H and O–H groups in total. The number of carbonyl (C=O) groups excluding carboxylic acids is 1. The van der Waals surface area contributed by atoms with Gasteiger partial charge in [0, 0.05) is 10.6 Å². The Morgan fingerprint density at radius 1 is 1.65 bits per heavy atom. The molecule has 0 saturated carbocycles. The van der Waals surface area contributed by atoms with E-state index in [-0.39, 0.29) is 23.0 Å². The van der Waals surface area contributed by atoms with E-state index < -0.39 is 5.82 Å². The topological polar surface area (TPSA) is 50.1 Å². The van der Waals surface area contributed by atoms with E-state index in [0.717, 1.165) is 0 Å². The molecule has 90 valence electrons. The predicted octanol–water partition coefficient (Wildman–Crippen LogP) is 3.01. The molecule has 0 spiro atoms. The van der Waals surface area contributed by atoms with E-state index in [2.05, 4.69) is 4.74 Å². The molecule has 0 fully saturated rings. The summed E-state index contributed by atoms with van der Waals surface area (Å²) in [5.41, 5.74) is -0.0904. The van der Waals surface area contributed by atoms with Crippen molar-refractivity contribution < 1.29 is 13.9 Å². The highest BCUT2D eigenvalue weighted by molar-refractivity contribution is 7.99. The Morgan fingerprint density at radius 3 is 2.94 bits per heavy atom. The molecule has 0 amide bonds. The number of hydrogen-bond donors (Lipinski definition) is 0. The van der Waals surface area contributed by atoms with Crippen LogP contribution in [0.1, 0.15) is 12.0 Å². The van der Waals surface area contributed by atoms with Crippen molar-refractivity contribution in [1.29, 1.82) is 5.26 Å². The molecule has 0 unspecified atom stereocenters. The fourth-order valence-corrected chi connectivity index (χ4v) is 2.27. The number of nitriles is 1. The van der Waals surface area contributed by atoms with E-state index in [1.807, 2.05) is 0 Å². The smallest absolute Gasteiger partial charge is 0.306 e. The minimum atomic E-state index is -0.725. The first kappa shape index (κ1) is 13.8. The van der Waals surface area contributed by atoms with Crippen LogP contribution < -0.4 is 0 Å². The fourth-order valence-electron chi connectivity index (χ4n) is 1.08. The van der Waals surface area contributed by atoms with Crippen LogP contribution in [0.15, 0.2) is 17.0 Å². The minimum absolute atomic E-state index is 0.0843. The molecule has 17 heavy (non-hydrogen) atoms. The summed E-state index contributed by atoms with van der Waals surface area (Å²) in [7, 11) is 1.31. The van der Waals surface area contributed by atoms with Crippen LogP contribution in [0.2, 0.25) is 5.02 Å². The second-order valence-electron chi connectivity index (χ2n) is 3.03. The SMILES string of the molecule is COC(=O)CCSc1ccc(C#N)c(F)c1Cl. The Morgan fingerprint density at radius 2 is 2.35 bits per heavy atom. The first-order valence-electron chi connectivity index (χ1n) is 4.68. The van der Waals surface area contributed by atoms with Crippen LogP contribution in [0.5, 0.6) is 0 Å². The van der Waals surface area contributed by atoms with Crippen LogP contribution in [0.3, 0.4) is 0 Å². The van der Waals surface area contributed by atoms with E-state index >= 15 is 0 Å². The number of thioether (sulfide) groups is 1. The molecule has 1 aromatic carbocycles. The second kappa shape index (κ2) is 6.48. The van der Waals surface area contributed by atoms with Gasteiger partial charge in [-0.05, 0) is 12.1 Å². The first-order valence-corrected chi connectivity index (χ1v) is 6.04. The Kier molecular flexibility index (Phi) is 5.26. The van der Waals surface area contributed by atoms with Crippen molar-refractivity contribution in [1.82, 2.24) is 0 Å². The lowest BCUT2D eigenvalue weighted by atomic mass is 10.2. The Hall–Kier alpha value is -1.25. The average molecular weight is 274 g/mol. The number of esters is 1. The summed E-state index contributed by atoms with van der Waals surface area (Å²) < 4.78 is 17.9. The predicted molar refractivity (Wildman–Crippen MR) is 63.5 cm³/mol. The van der Waals surface area contributed by atoms with Gasteiger partial charge in [-0.15, -0.1) is 11.8 Å². The van der Waals surface area contributed by atoms with Crippen molar-refractivity contribution in [2.24, 2.45) is 0 Å².